The molecule has 0 aliphatic heterocycles. The molecule has 0 bridgehead atoms. The number of nitrogens with two attached hydrogens (primary N) is 1. The highest BCUT2D eigenvalue weighted by Crippen LogP contribution is 2.24. The topological polar surface area (TPSA) is 38.0 Å². The first-order valence-corrected chi connectivity index (χ1v) is 6.34. The van der Waals surface area contributed by atoms with Gasteiger partial charge in [0.25, 0.3) is 0 Å². The number of hydrogen-bond acceptors (Lipinski definition) is 2. The van der Waals surface area contributed by atoms with Crippen LogP contribution < -0.4 is 11.1 Å². The van der Waals surface area contributed by atoms with E-state index < -0.39 is 0 Å². The molecule has 0 aromatic rings. The number of nitrogens with one attached hydrogen (secondary N) is 1. The molecule has 0 saturated heterocycles. The van der Waals surface area contributed by atoms with Crippen LogP contribution in [0.15, 0.2) is 0 Å². The van der Waals surface area contributed by atoms with Crippen molar-refractivity contribution >= 4 is 0 Å². The Hall–Kier alpha value is -0.0800. The molecular formula is C13H30N2. The lowest BCUT2D eigenvalue weighted by atomic mass is 9.82. The predicted octanol–water partition coefficient (Wildman–Crippen LogP) is 2.78. The van der Waals surface area contributed by atoms with E-state index in [9.17, 15) is 0 Å². The summed E-state index contributed by atoms with van der Waals surface area (Å²) in [5.41, 5.74) is 6.35. The van der Waals surface area contributed by atoms with Gasteiger partial charge in [-0.2, -0.15) is 0 Å². The van der Waals surface area contributed by atoms with Gasteiger partial charge in [0.05, 0.1) is 0 Å². The highest BCUT2D eigenvalue weighted by molar-refractivity contribution is 4.72. The van der Waals surface area contributed by atoms with E-state index in [-0.39, 0.29) is 0 Å². The van der Waals surface area contributed by atoms with E-state index in [0.29, 0.717) is 17.4 Å². The van der Waals surface area contributed by atoms with Gasteiger partial charge >= 0.3 is 0 Å². The first kappa shape index (κ1) is 14.9. The van der Waals surface area contributed by atoms with Crippen LogP contribution in [0.1, 0.15) is 53.9 Å². The highest BCUT2D eigenvalue weighted by atomic mass is 14.9. The molecule has 0 saturated carbocycles. The van der Waals surface area contributed by atoms with E-state index in [0.717, 1.165) is 25.9 Å². The average Bonchev–Trinajstić information content (AvgIpc) is 2.11. The second kappa shape index (κ2) is 7.24. The average molecular weight is 214 g/mol. The summed E-state index contributed by atoms with van der Waals surface area (Å²) < 4.78 is 0. The second-order valence-corrected chi connectivity index (χ2v) is 5.81. The molecule has 2 unspecified atom stereocenters. The van der Waals surface area contributed by atoms with Crippen molar-refractivity contribution in [3.05, 3.63) is 0 Å². The van der Waals surface area contributed by atoms with Crippen molar-refractivity contribution in [3.8, 4) is 0 Å². The summed E-state index contributed by atoms with van der Waals surface area (Å²) in [5.74, 6) is 0.708. The van der Waals surface area contributed by atoms with Crippen LogP contribution in [0.25, 0.3) is 0 Å². The molecule has 15 heavy (non-hydrogen) atoms. The molecule has 0 amide bonds. The summed E-state index contributed by atoms with van der Waals surface area (Å²) >= 11 is 0. The molecule has 2 atom stereocenters. The Bertz CT molecular complexity index is 149. The first-order valence-electron chi connectivity index (χ1n) is 6.34. The Morgan fingerprint density at radius 2 is 1.80 bits per heavy atom. The Labute approximate surface area is 96.0 Å². The Balaban J connectivity index is 3.46. The lowest BCUT2D eigenvalue weighted by molar-refractivity contribution is 0.252. The van der Waals surface area contributed by atoms with Crippen LogP contribution in [-0.2, 0) is 0 Å². The molecule has 0 heterocycles. The Morgan fingerprint density at radius 3 is 2.27 bits per heavy atom. The van der Waals surface area contributed by atoms with Crippen molar-refractivity contribution in [2.75, 3.05) is 13.1 Å². The SMILES string of the molecule is CCCC(N)CCNCC(C)C(C)(C)C. The molecule has 0 radical (unpaired) electrons. The Kier molecular flexibility index (Phi) is 7.20. The van der Waals surface area contributed by atoms with Crippen LogP contribution in [0, 0.1) is 11.3 Å². The Morgan fingerprint density at radius 1 is 1.20 bits per heavy atom. The molecule has 92 valence electrons. The van der Waals surface area contributed by atoms with Crippen LogP contribution >= 0.6 is 0 Å². The lowest BCUT2D eigenvalue weighted by Crippen LogP contribution is -2.32. The normalized spacial score (nSPS) is 16.4. The van der Waals surface area contributed by atoms with Crippen molar-refractivity contribution in [1.82, 2.24) is 5.32 Å². The fourth-order valence-corrected chi connectivity index (χ4v) is 1.43. The number of rotatable bonds is 7. The van der Waals surface area contributed by atoms with Gasteiger partial charge in [0, 0.05) is 6.04 Å². The molecule has 0 spiro atoms. The molecule has 0 aliphatic carbocycles. The molecule has 2 nitrogen and oxygen atoms in total. The summed E-state index contributed by atoms with van der Waals surface area (Å²) in [7, 11) is 0. The maximum atomic E-state index is 5.95. The minimum atomic E-state index is 0.382. The predicted molar refractivity (Wildman–Crippen MR) is 69.0 cm³/mol. The molecule has 0 rings (SSSR count). The number of hydrogen-bond donors (Lipinski definition) is 2. The van der Waals surface area contributed by atoms with E-state index in [2.05, 4.69) is 39.9 Å². The van der Waals surface area contributed by atoms with Gasteiger partial charge in [0.15, 0.2) is 0 Å². The van der Waals surface area contributed by atoms with Crippen LogP contribution in [0.4, 0.5) is 0 Å². The fourth-order valence-electron chi connectivity index (χ4n) is 1.43. The molecule has 2 heteroatoms. The van der Waals surface area contributed by atoms with Crippen LogP contribution in [-0.4, -0.2) is 19.1 Å². The van der Waals surface area contributed by atoms with Crippen LogP contribution in [0.5, 0.6) is 0 Å². The van der Waals surface area contributed by atoms with Gasteiger partial charge < -0.3 is 11.1 Å². The zero-order chi connectivity index (χ0) is 11.9. The van der Waals surface area contributed by atoms with Crippen molar-refractivity contribution in [3.63, 3.8) is 0 Å². The van der Waals surface area contributed by atoms with E-state index in [1.54, 1.807) is 0 Å². The monoisotopic (exact) mass is 214 g/mol. The molecule has 0 fully saturated rings. The van der Waals surface area contributed by atoms with E-state index in [4.69, 9.17) is 5.73 Å². The summed E-state index contributed by atoms with van der Waals surface area (Å²) in [5, 5.41) is 3.50. The van der Waals surface area contributed by atoms with E-state index in [1.807, 2.05) is 0 Å². The highest BCUT2D eigenvalue weighted by Gasteiger charge is 2.18. The quantitative estimate of drug-likeness (QED) is 0.640. The van der Waals surface area contributed by atoms with Gasteiger partial charge in [-0.15, -0.1) is 0 Å². The van der Waals surface area contributed by atoms with Gasteiger partial charge in [0.1, 0.15) is 0 Å². The third kappa shape index (κ3) is 7.80. The van der Waals surface area contributed by atoms with Crippen molar-refractivity contribution in [2.45, 2.75) is 59.9 Å². The third-order valence-electron chi connectivity index (χ3n) is 3.28. The summed E-state index contributed by atoms with van der Waals surface area (Å²) in [6.07, 6.45) is 3.45. The van der Waals surface area contributed by atoms with E-state index in [1.165, 1.54) is 6.42 Å². The maximum absolute atomic E-state index is 5.95. The molecule has 0 aromatic heterocycles. The van der Waals surface area contributed by atoms with Gasteiger partial charge in [-0.05, 0) is 37.3 Å². The molecule has 0 aliphatic rings. The van der Waals surface area contributed by atoms with Crippen molar-refractivity contribution < 1.29 is 0 Å². The minimum absolute atomic E-state index is 0.382. The minimum Gasteiger partial charge on any atom is -0.328 e. The summed E-state index contributed by atoms with van der Waals surface area (Å²) in [6.45, 7) is 13.5. The molecule has 0 aromatic carbocycles. The van der Waals surface area contributed by atoms with Gasteiger partial charge in [-0.25, -0.2) is 0 Å². The maximum Gasteiger partial charge on any atom is 0.00508 e. The fraction of sp³-hybridized carbons (Fsp3) is 1.00. The lowest BCUT2D eigenvalue weighted by Gasteiger charge is -2.27. The molecular weight excluding hydrogens is 184 g/mol. The third-order valence-corrected chi connectivity index (χ3v) is 3.28. The van der Waals surface area contributed by atoms with Gasteiger partial charge in [-0.1, -0.05) is 41.0 Å². The molecule has 3 N–H and O–H groups in total. The standard InChI is InChI=1S/C13H30N2/c1-6-7-12(14)8-9-15-10-11(2)13(3,4)5/h11-12,15H,6-10,14H2,1-5H3. The van der Waals surface area contributed by atoms with Gasteiger partial charge in [-0.3, -0.25) is 0 Å². The van der Waals surface area contributed by atoms with Crippen molar-refractivity contribution in [2.24, 2.45) is 17.1 Å². The zero-order valence-electron chi connectivity index (χ0n) is 11.3. The largest absolute Gasteiger partial charge is 0.328 e. The summed E-state index contributed by atoms with van der Waals surface area (Å²) in [4.78, 5) is 0. The van der Waals surface area contributed by atoms with Crippen LogP contribution in [0.2, 0.25) is 0 Å². The smallest absolute Gasteiger partial charge is 0.00508 e. The zero-order valence-corrected chi connectivity index (χ0v) is 11.3. The summed E-state index contributed by atoms with van der Waals surface area (Å²) in [6, 6.07) is 0.382. The van der Waals surface area contributed by atoms with Crippen LogP contribution in [0.3, 0.4) is 0 Å². The first-order chi connectivity index (χ1) is 6.88. The van der Waals surface area contributed by atoms with Gasteiger partial charge in [0.2, 0.25) is 0 Å². The van der Waals surface area contributed by atoms with E-state index >= 15 is 0 Å². The van der Waals surface area contributed by atoms with Crippen molar-refractivity contribution in [1.29, 1.82) is 0 Å². The second-order valence-electron chi connectivity index (χ2n) is 5.81.